The van der Waals surface area contributed by atoms with Gasteiger partial charge in [-0.2, -0.15) is 16.8 Å². The molecule has 4 rings (SSSR count). The van der Waals surface area contributed by atoms with Crippen molar-refractivity contribution in [1.82, 2.24) is 0 Å². The fraction of sp³-hybridized carbons (Fsp3) is 0. The van der Waals surface area contributed by atoms with E-state index in [1.54, 1.807) is 0 Å². The van der Waals surface area contributed by atoms with Crippen molar-refractivity contribution < 1.29 is 52.6 Å². The van der Waals surface area contributed by atoms with Gasteiger partial charge in [-0.3, -0.25) is 38.8 Å². The van der Waals surface area contributed by atoms with Gasteiger partial charge in [0.05, 0.1) is 31.0 Å². The van der Waals surface area contributed by atoms with Gasteiger partial charge >= 0.3 is 0 Å². The Balaban J connectivity index is 1.66. The zero-order chi connectivity index (χ0) is 35.7. The van der Waals surface area contributed by atoms with Crippen LogP contribution < -0.4 is 9.44 Å². The van der Waals surface area contributed by atoms with E-state index in [2.05, 4.69) is 9.44 Å². The summed E-state index contributed by atoms with van der Waals surface area (Å²) in [5, 5.41) is 21.7. The second-order valence-corrected chi connectivity index (χ2v) is 15.6. The van der Waals surface area contributed by atoms with Crippen LogP contribution in [-0.2, 0) is 40.3 Å². The van der Waals surface area contributed by atoms with Gasteiger partial charge in [-0.05, 0) is 59.7 Å². The standard InChI is InChI=1S/C26H20N4O14S4/c31-29(32)21-7-11-23(12-8-21)45(35,36)27-19-5-3-17(25(15-19)47(39,40)41)1-2-18-4-6-20(16-26(18)48(42,43)44)28-46(37,38)24-13-9-22(10-14-24)30(33)34/h1-16,27-28H,(H,39,40,41)(H,42,43,44). The summed E-state index contributed by atoms with van der Waals surface area (Å²) in [4.78, 5) is 17.7. The van der Waals surface area contributed by atoms with E-state index in [4.69, 9.17) is 0 Å². The second-order valence-electron chi connectivity index (χ2n) is 9.50. The number of rotatable bonds is 12. The molecule has 0 fully saturated rings. The Bertz CT molecular complexity index is 2240. The lowest BCUT2D eigenvalue weighted by Gasteiger charge is -2.12. The summed E-state index contributed by atoms with van der Waals surface area (Å²) in [7, 11) is -18.8. The van der Waals surface area contributed by atoms with Gasteiger partial charge in [0.15, 0.2) is 0 Å². The Hall–Kier alpha value is -5.26. The van der Waals surface area contributed by atoms with Crippen LogP contribution >= 0.6 is 0 Å². The molecule has 48 heavy (non-hydrogen) atoms. The van der Waals surface area contributed by atoms with E-state index in [1.807, 2.05) is 0 Å². The number of nitrogens with zero attached hydrogens (tertiary/aromatic N) is 2. The highest BCUT2D eigenvalue weighted by Crippen LogP contribution is 2.28. The molecule has 0 unspecified atom stereocenters. The van der Waals surface area contributed by atoms with Gasteiger partial charge in [-0.1, -0.05) is 24.3 Å². The van der Waals surface area contributed by atoms with E-state index >= 15 is 0 Å². The average Bonchev–Trinajstić information content (AvgIpc) is 2.99. The molecule has 18 nitrogen and oxygen atoms in total. The molecule has 4 N–H and O–H groups in total. The fourth-order valence-electron chi connectivity index (χ4n) is 4.02. The normalized spacial score (nSPS) is 12.5. The lowest BCUT2D eigenvalue weighted by atomic mass is 10.1. The number of hydrogen-bond acceptors (Lipinski definition) is 12. The summed E-state index contributed by atoms with van der Waals surface area (Å²) in [6, 6.07) is 13.3. The summed E-state index contributed by atoms with van der Waals surface area (Å²) in [6.07, 6.45) is 2.00. The smallest absolute Gasteiger partial charge is 0.282 e. The third-order valence-electron chi connectivity index (χ3n) is 6.25. The van der Waals surface area contributed by atoms with Crippen LogP contribution in [0.25, 0.3) is 12.2 Å². The van der Waals surface area contributed by atoms with Crippen molar-refractivity contribution in [3.05, 3.63) is 116 Å². The quantitative estimate of drug-likeness (QED) is 0.0696. The first-order valence-electron chi connectivity index (χ1n) is 12.6. The molecule has 0 saturated heterocycles. The van der Waals surface area contributed by atoms with Crippen molar-refractivity contribution >= 4 is 75.2 Å². The number of anilines is 2. The van der Waals surface area contributed by atoms with E-state index in [9.17, 15) is 63.0 Å². The number of nitro benzene ring substituents is 2. The Morgan fingerprint density at radius 3 is 1.10 bits per heavy atom. The lowest BCUT2D eigenvalue weighted by molar-refractivity contribution is -0.385. The maximum atomic E-state index is 12.7. The zero-order valence-corrected chi connectivity index (χ0v) is 26.8. The maximum absolute atomic E-state index is 12.7. The SMILES string of the molecule is O=[N+]([O-])c1ccc(S(=O)(=O)Nc2ccc(C=Cc3ccc(NS(=O)(=O)c4ccc([N+](=O)[O-])cc4)cc3S(=O)(=O)O)c(S(=O)(=O)O)c2)cc1. The van der Waals surface area contributed by atoms with Crippen molar-refractivity contribution in [2.75, 3.05) is 9.44 Å². The molecule has 0 aliphatic rings. The van der Waals surface area contributed by atoms with Crippen molar-refractivity contribution in [3.8, 4) is 0 Å². The van der Waals surface area contributed by atoms with Gasteiger partial charge in [0.25, 0.3) is 51.7 Å². The van der Waals surface area contributed by atoms with Crippen molar-refractivity contribution in [1.29, 1.82) is 0 Å². The summed E-state index contributed by atoms with van der Waals surface area (Å²) < 4.78 is 123. The summed E-state index contributed by atoms with van der Waals surface area (Å²) in [5.41, 5.74) is -2.01. The van der Waals surface area contributed by atoms with Gasteiger partial charge in [-0.15, -0.1) is 0 Å². The largest absolute Gasteiger partial charge is 0.295 e. The molecule has 0 atom stereocenters. The molecule has 0 spiro atoms. The lowest BCUT2D eigenvalue weighted by Crippen LogP contribution is -2.14. The van der Waals surface area contributed by atoms with Crippen LogP contribution in [0.1, 0.15) is 11.1 Å². The molecule has 0 aliphatic carbocycles. The first-order chi connectivity index (χ1) is 22.2. The molecule has 4 aromatic carbocycles. The van der Waals surface area contributed by atoms with E-state index in [-0.39, 0.29) is 33.9 Å². The minimum absolute atomic E-state index is 0.278. The molecular weight excluding hydrogens is 721 g/mol. The molecule has 0 bridgehead atoms. The summed E-state index contributed by atoms with van der Waals surface area (Å²) >= 11 is 0. The minimum atomic E-state index is -5.04. The molecule has 0 amide bonds. The average molecular weight is 741 g/mol. The van der Waals surface area contributed by atoms with Gasteiger partial charge in [0.1, 0.15) is 9.79 Å². The van der Waals surface area contributed by atoms with Gasteiger partial charge in [-0.25, -0.2) is 16.8 Å². The van der Waals surface area contributed by atoms with E-state index < -0.39 is 69.7 Å². The van der Waals surface area contributed by atoms with Gasteiger partial charge < -0.3 is 0 Å². The monoisotopic (exact) mass is 740 g/mol. The van der Waals surface area contributed by atoms with E-state index in [0.717, 1.165) is 97.1 Å². The minimum Gasteiger partial charge on any atom is -0.282 e. The summed E-state index contributed by atoms with van der Waals surface area (Å²) in [5.74, 6) is 0. The van der Waals surface area contributed by atoms with Crippen molar-refractivity contribution in [3.63, 3.8) is 0 Å². The Kier molecular flexibility index (Phi) is 9.71. The van der Waals surface area contributed by atoms with Crippen LogP contribution in [0, 0.1) is 20.2 Å². The first-order valence-corrected chi connectivity index (χ1v) is 18.5. The number of hydrogen-bond donors (Lipinski definition) is 4. The van der Waals surface area contributed by atoms with Crippen LogP contribution in [0.3, 0.4) is 0 Å². The number of nitro groups is 2. The zero-order valence-electron chi connectivity index (χ0n) is 23.6. The molecule has 22 heteroatoms. The molecular formula is C26H20N4O14S4. The second kappa shape index (κ2) is 13.1. The number of non-ortho nitro benzene ring substituents is 2. The van der Waals surface area contributed by atoms with Crippen LogP contribution in [0.4, 0.5) is 22.7 Å². The van der Waals surface area contributed by atoms with Crippen LogP contribution in [-0.4, -0.2) is 52.6 Å². The first kappa shape index (κ1) is 35.6. The third kappa shape index (κ3) is 8.36. The van der Waals surface area contributed by atoms with Gasteiger partial charge in [0.2, 0.25) is 0 Å². The summed E-state index contributed by atoms with van der Waals surface area (Å²) in [6.45, 7) is 0. The fourth-order valence-corrected chi connectivity index (χ4v) is 7.54. The maximum Gasteiger partial charge on any atom is 0.295 e. The highest BCUT2D eigenvalue weighted by atomic mass is 32.2. The molecule has 0 saturated carbocycles. The topological polar surface area (TPSA) is 287 Å². The Labute approximate surface area is 272 Å². The van der Waals surface area contributed by atoms with E-state index in [1.165, 1.54) is 0 Å². The van der Waals surface area contributed by atoms with Crippen molar-refractivity contribution in [2.45, 2.75) is 19.6 Å². The number of nitrogens with one attached hydrogen (secondary N) is 2. The number of benzene rings is 4. The van der Waals surface area contributed by atoms with Crippen LogP contribution in [0.15, 0.2) is 105 Å². The highest BCUT2D eigenvalue weighted by molar-refractivity contribution is 7.93. The number of sulfonamides is 2. The molecule has 4 aromatic rings. The predicted molar refractivity (Wildman–Crippen MR) is 169 cm³/mol. The third-order valence-corrected chi connectivity index (χ3v) is 10.9. The van der Waals surface area contributed by atoms with E-state index in [0.29, 0.717) is 0 Å². The molecule has 0 heterocycles. The van der Waals surface area contributed by atoms with Crippen molar-refractivity contribution in [2.24, 2.45) is 0 Å². The molecule has 0 radical (unpaired) electrons. The van der Waals surface area contributed by atoms with Crippen LogP contribution in [0.5, 0.6) is 0 Å². The Morgan fingerprint density at radius 1 is 0.521 bits per heavy atom. The Morgan fingerprint density at radius 2 is 0.833 bits per heavy atom. The van der Waals surface area contributed by atoms with Gasteiger partial charge in [0, 0.05) is 24.3 Å². The molecule has 252 valence electrons. The molecule has 0 aromatic heterocycles. The highest BCUT2D eigenvalue weighted by Gasteiger charge is 2.22. The molecule has 0 aliphatic heterocycles. The van der Waals surface area contributed by atoms with Crippen LogP contribution in [0.2, 0.25) is 0 Å². The predicted octanol–water partition coefficient (Wildman–Crippen LogP) is 3.77.